The Labute approximate surface area is 317 Å². The van der Waals surface area contributed by atoms with Gasteiger partial charge in [-0.3, -0.25) is 24.0 Å². The third-order valence-corrected chi connectivity index (χ3v) is 15.9. The largest absolute Gasteiger partial charge is 0.469 e. The van der Waals surface area contributed by atoms with E-state index in [1.54, 1.807) is 48.5 Å². The molecule has 8 fully saturated rings. The van der Waals surface area contributed by atoms with Crippen LogP contribution >= 0.6 is 0 Å². The molecule has 302 valence electrons. The molecular weight excluding hydrogens is 724 g/mol. The van der Waals surface area contributed by atoms with Crippen LogP contribution in [-0.4, -0.2) is 106 Å². The van der Waals surface area contributed by atoms with E-state index in [2.05, 4.69) is 0 Å². The average Bonchev–Trinajstić information content (AvgIpc) is 3.77. The Morgan fingerprint density at radius 3 is 2.20 bits per heavy atom. The van der Waals surface area contributed by atoms with E-state index < -0.39 is 140 Å². The number of esters is 5. The molecule has 17 atom stereocenters. The fourth-order valence-electron chi connectivity index (χ4n) is 14.3. The molecule has 4 spiro atoms. The molecule has 4 aliphatic heterocycles. The second kappa shape index (κ2) is 10.4. The Morgan fingerprint density at radius 2 is 1.58 bits per heavy atom. The van der Waals surface area contributed by atoms with Gasteiger partial charge in [-0.1, -0.05) is 48.5 Å². The zero-order chi connectivity index (χ0) is 40.1. The van der Waals surface area contributed by atoms with Gasteiger partial charge in [0.2, 0.25) is 0 Å². The minimum Gasteiger partial charge on any atom is -0.469 e. The van der Waals surface area contributed by atoms with Crippen molar-refractivity contribution in [3.63, 3.8) is 0 Å². The highest BCUT2D eigenvalue weighted by atomic mass is 16.9. The lowest BCUT2D eigenvalue weighted by atomic mass is 9.33. The second-order valence-corrected chi connectivity index (χ2v) is 18.8. The molecule has 0 aromatic heterocycles. The molecule has 55 heavy (non-hydrogen) atoms. The van der Waals surface area contributed by atoms with Crippen LogP contribution in [0.3, 0.4) is 0 Å². The maximum absolute atomic E-state index is 15.2. The fraction of sp³-hybridized carbons (Fsp3) is 0.821. The molecule has 16 heteroatoms. The van der Waals surface area contributed by atoms with Crippen molar-refractivity contribution in [3.8, 4) is 0 Å². The van der Waals surface area contributed by atoms with Crippen molar-refractivity contribution in [1.82, 2.24) is 0 Å². The lowest BCUT2D eigenvalue weighted by molar-refractivity contribution is -0.481. The molecule has 0 aromatic rings. The van der Waals surface area contributed by atoms with Gasteiger partial charge in [-0.2, -0.15) is 0 Å². The van der Waals surface area contributed by atoms with Gasteiger partial charge < -0.3 is 52.8 Å². The first-order chi connectivity index (χ1) is 25.5. The third-order valence-electron chi connectivity index (χ3n) is 15.9. The minimum absolute atomic E-state index is 0.0238. The Balaban J connectivity index is 1.38. The summed E-state index contributed by atoms with van der Waals surface area (Å²) in [6.07, 6.45) is -4.96. The Morgan fingerprint density at radius 1 is 0.945 bits per heavy atom. The summed E-state index contributed by atoms with van der Waals surface area (Å²) >= 11 is 0. The summed E-state index contributed by atoms with van der Waals surface area (Å²) in [5, 5.41) is 26.0. The van der Waals surface area contributed by atoms with Crippen molar-refractivity contribution in [2.45, 2.75) is 141 Å². The predicted molar refractivity (Wildman–Crippen MR) is 179 cm³/mol. The predicted octanol–water partition coefficient (Wildman–Crippen LogP) is 1.80. The van der Waals surface area contributed by atoms with Crippen LogP contribution in [0.1, 0.15) is 81.6 Å². The first-order valence-corrected chi connectivity index (χ1v) is 19.2. The molecule has 9 rings (SSSR count). The summed E-state index contributed by atoms with van der Waals surface area (Å²) in [6, 6.07) is 0. The van der Waals surface area contributed by atoms with Crippen LogP contribution in [-0.2, 0) is 66.6 Å². The average molecular weight is 775 g/mol. The summed E-state index contributed by atoms with van der Waals surface area (Å²) in [5.41, 5.74) is -13.7. The third kappa shape index (κ3) is 3.52. The van der Waals surface area contributed by atoms with Gasteiger partial charge in [-0.05, 0) is 18.4 Å². The van der Waals surface area contributed by atoms with Gasteiger partial charge in [0.05, 0.1) is 37.2 Å². The standard InChI is InChI=1S/C39H50O16/c1-16(2)24(42)50-28-32(7)20(49-18(5)40)14-36-33(8)19(13-21(41)47-10)31(6)15-37(33)38(46,27(31)45)29-39(36,55-34(9,53-36)54-37)23(32)22(26(44)51-29)35(28)11-12-48-30(35)52-25(43)17(3)4/h11-12,16-17,19-20,22-23,27-30,45-46H,13-15H2,1-10H3. The van der Waals surface area contributed by atoms with Crippen LogP contribution in [0.5, 0.6) is 0 Å². The van der Waals surface area contributed by atoms with Gasteiger partial charge in [0.1, 0.15) is 34.4 Å². The van der Waals surface area contributed by atoms with Gasteiger partial charge in [0.25, 0.3) is 12.3 Å². The molecular formula is C39H50O16. The van der Waals surface area contributed by atoms with Crippen LogP contribution in [0.4, 0.5) is 0 Å². The second-order valence-electron chi connectivity index (χ2n) is 18.8. The topological polar surface area (TPSA) is 209 Å². The molecule has 5 aliphatic carbocycles. The van der Waals surface area contributed by atoms with Crippen LogP contribution in [0.2, 0.25) is 0 Å². The van der Waals surface area contributed by atoms with E-state index in [0.717, 1.165) is 0 Å². The van der Waals surface area contributed by atoms with Crippen LogP contribution in [0.25, 0.3) is 0 Å². The van der Waals surface area contributed by atoms with Crippen molar-refractivity contribution < 1.29 is 76.8 Å². The van der Waals surface area contributed by atoms with E-state index in [9.17, 15) is 29.4 Å². The summed E-state index contributed by atoms with van der Waals surface area (Å²) in [7, 11) is 1.26. The van der Waals surface area contributed by atoms with Gasteiger partial charge in [0.15, 0.2) is 11.7 Å². The number of ether oxygens (including phenoxy) is 9. The summed E-state index contributed by atoms with van der Waals surface area (Å²) in [6.45, 7) is 14.7. The molecule has 3 saturated heterocycles. The number of carbonyl (C=O) groups is 5. The van der Waals surface area contributed by atoms with Crippen molar-refractivity contribution in [2.24, 2.45) is 51.2 Å². The smallest absolute Gasteiger partial charge is 0.311 e. The molecule has 16 nitrogen and oxygen atoms in total. The first-order valence-electron chi connectivity index (χ1n) is 19.2. The van der Waals surface area contributed by atoms with E-state index in [0.29, 0.717) is 0 Å². The zero-order valence-corrected chi connectivity index (χ0v) is 32.7. The Hall–Kier alpha value is -3.31. The summed E-state index contributed by atoms with van der Waals surface area (Å²) < 4.78 is 57.7. The molecule has 2 N–H and O–H groups in total. The SMILES string of the molecule is COC(=O)CC1C2(C)CC34OC5(C)OC67C8C(C(=O)OC6C3(O)C2O)C2(C=COC2OC(=O)C(C)C)C(OC(=O)C(C)C)C8(C)C(OC(C)=O)CC7(O5)C14C. The van der Waals surface area contributed by atoms with Gasteiger partial charge in [-0.15, -0.1) is 0 Å². The van der Waals surface area contributed by atoms with E-state index in [1.807, 2.05) is 6.92 Å². The number of hydrogen-bond donors (Lipinski definition) is 2. The van der Waals surface area contributed by atoms with E-state index >= 15 is 4.79 Å². The van der Waals surface area contributed by atoms with Crippen molar-refractivity contribution >= 4 is 29.8 Å². The number of aliphatic hydroxyl groups is 2. The maximum Gasteiger partial charge on any atom is 0.311 e. The van der Waals surface area contributed by atoms with Crippen molar-refractivity contribution in [1.29, 1.82) is 0 Å². The number of fused-ring (bicyclic) bond motifs is 4. The lowest BCUT2D eigenvalue weighted by Gasteiger charge is -2.77. The molecule has 5 saturated carbocycles. The monoisotopic (exact) mass is 774 g/mol. The normalized spacial score (nSPS) is 55.1. The fourth-order valence-corrected chi connectivity index (χ4v) is 14.3. The number of methoxy groups -OCH3 is 1. The number of aliphatic hydroxyl groups excluding tert-OH is 1. The Bertz CT molecular complexity index is 1860. The molecule has 4 bridgehead atoms. The molecule has 0 amide bonds. The van der Waals surface area contributed by atoms with Gasteiger partial charge in [-0.25, -0.2) is 0 Å². The first kappa shape index (κ1) is 37.3. The number of carbonyl (C=O) groups excluding carboxylic acids is 5. The van der Waals surface area contributed by atoms with Gasteiger partial charge in [0, 0.05) is 48.9 Å². The van der Waals surface area contributed by atoms with Crippen molar-refractivity contribution in [3.05, 3.63) is 12.3 Å². The van der Waals surface area contributed by atoms with E-state index in [4.69, 9.17) is 42.6 Å². The summed E-state index contributed by atoms with van der Waals surface area (Å²) in [4.78, 5) is 69.0. The van der Waals surface area contributed by atoms with Gasteiger partial charge >= 0.3 is 29.8 Å². The number of hydrogen-bond acceptors (Lipinski definition) is 16. The molecule has 0 radical (unpaired) electrons. The minimum atomic E-state index is -2.34. The number of rotatable bonds is 7. The molecule has 17 unspecified atom stereocenters. The Kier molecular flexibility index (Phi) is 7.05. The molecule has 9 aliphatic rings. The van der Waals surface area contributed by atoms with Crippen LogP contribution in [0.15, 0.2) is 12.3 Å². The van der Waals surface area contributed by atoms with Crippen molar-refractivity contribution in [2.75, 3.05) is 7.11 Å². The van der Waals surface area contributed by atoms with E-state index in [-0.39, 0.29) is 19.3 Å². The van der Waals surface area contributed by atoms with Crippen LogP contribution < -0.4 is 0 Å². The quantitative estimate of drug-likeness (QED) is 0.279. The summed E-state index contributed by atoms with van der Waals surface area (Å²) in [5.74, 6) is -10.1. The maximum atomic E-state index is 15.2. The molecule has 4 heterocycles. The highest BCUT2D eigenvalue weighted by Crippen LogP contribution is 2.91. The molecule has 0 aromatic carbocycles. The highest BCUT2D eigenvalue weighted by Gasteiger charge is 3.06. The highest BCUT2D eigenvalue weighted by molar-refractivity contribution is 5.81. The zero-order valence-electron chi connectivity index (χ0n) is 32.7. The van der Waals surface area contributed by atoms with Crippen LogP contribution in [0, 0.1) is 51.2 Å². The van der Waals surface area contributed by atoms with E-state index in [1.165, 1.54) is 26.4 Å². The lowest BCUT2D eigenvalue weighted by Crippen LogP contribution is -2.95.